The minimum Gasteiger partial charge on any atom is -0.471 e. The van der Waals surface area contributed by atoms with Crippen LogP contribution < -0.4 is 4.74 Å². The van der Waals surface area contributed by atoms with E-state index in [1.165, 1.54) is 6.33 Å². The van der Waals surface area contributed by atoms with Crippen LogP contribution in [0.1, 0.15) is 46.1 Å². The Labute approximate surface area is 102 Å². The normalized spacial score (nSPS) is 11.6. The summed E-state index contributed by atoms with van der Waals surface area (Å²) < 4.78 is 5.88. The molecule has 1 rings (SSSR count). The molecular weight excluding hydrogens is 224 g/mol. The molecule has 0 amide bonds. The first-order valence-electron chi connectivity index (χ1n) is 5.68. The number of ether oxygens (including phenoxy) is 1. The van der Waals surface area contributed by atoms with Gasteiger partial charge in [-0.25, -0.2) is 9.97 Å². The standard InChI is InChI=1S/C12H19ClN2O/c1-5-7-9-10(13)14-8-15-11(9)16-12(3,4)6-2/h8H,5-7H2,1-4H3. The van der Waals surface area contributed by atoms with E-state index in [0.29, 0.717) is 11.0 Å². The minimum atomic E-state index is -0.222. The van der Waals surface area contributed by atoms with Crippen molar-refractivity contribution in [3.8, 4) is 5.88 Å². The molecule has 1 aromatic heterocycles. The summed E-state index contributed by atoms with van der Waals surface area (Å²) in [4.78, 5) is 8.16. The first-order chi connectivity index (χ1) is 7.50. The van der Waals surface area contributed by atoms with Crippen molar-refractivity contribution in [2.75, 3.05) is 0 Å². The van der Waals surface area contributed by atoms with Crippen molar-refractivity contribution in [1.29, 1.82) is 0 Å². The second-order valence-electron chi connectivity index (χ2n) is 4.41. The lowest BCUT2D eigenvalue weighted by Gasteiger charge is -2.25. The van der Waals surface area contributed by atoms with Crippen molar-refractivity contribution in [3.05, 3.63) is 17.0 Å². The molecule has 0 aromatic carbocycles. The van der Waals surface area contributed by atoms with Crippen LogP contribution >= 0.6 is 11.6 Å². The summed E-state index contributed by atoms with van der Waals surface area (Å²) in [5, 5.41) is 0.499. The summed E-state index contributed by atoms with van der Waals surface area (Å²) in [7, 11) is 0. The summed E-state index contributed by atoms with van der Waals surface area (Å²) >= 11 is 6.05. The zero-order chi connectivity index (χ0) is 12.2. The van der Waals surface area contributed by atoms with Crippen LogP contribution in [0.4, 0.5) is 0 Å². The Balaban J connectivity index is 2.99. The Morgan fingerprint density at radius 3 is 2.56 bits per heavy atom. The Morgan fingerprint density at radius 1 is 1.31 bits per heavy atom. The maximum absolute atomic E-state index is 6.05. The van der Waals surface area contributed by atoms with E-state index in [-0.39, 0.29) is 5.60 Å². The van der Waals surface area contributed by atoms with Gasteiger partial charge in [0.2, 0.25) is 5.88 Å². The first-order valence-corrected chi connectivity index (χ1v) is 6.06. The molecule has 16 heavy (non-hydrogen) atoms. The van der Waals surface area contributed by atoms with Crippen LogP contribution in [-0.4, -0.2) is 15.6 Å². The molecule has 90 valence electrons. The molecule has 1 aromatic rings. The smallest absolute Gasteiger partial charge is 0.221 e. The van der Waals surface area contributed by atoms with E-state index in [4.69, 9.17) is 16.3 Å². The van der Waals surface area contributed by atoms with Gasteiger partial charge in [-0.2, -0.15) is 0 Å². The quantitative estimate of drug-likeness (QED) is 0.740. The zero-order valence-electron chi connectivity index (χ0n) is 10.4. The van der Waals surface area contributed by atoms with Crippen LogP contribution in [0.5, 0.6) is 5.88 Å². The summed E-state index contributed by atoms with van der Waals surface area (Å²) in [6, 6.07) is 0. The Hall–Kier alpha value is -0.830. The lowest BCUT2D eigenvalue weighted by molar-refractivity contribution is 0.0973. The third-order valence-electron chi connectivity index (χ3n) is 2.58. The monoisotopic (exact) mass is 242 g/mol. The van der Waals surface area contributed by atoms with Gasteiger partial charge in [-0.1, -0.05) is 31.9 Å². The number of rotatable bonds is 5. The highest BCUT2D eigenvalue weighted by Gasteiger charge is 2.20. The number of halogens is 1. The first kappa shape index (κ1) is 13.2. The number of hydrogen-bond acceptors (Lipinski definition) is 3. The fourth-order valence-electron chi connectivity index (χ4n) is 1.26. The van der Waals surface area contributed by atoms with Crippen LogP contribution in [0.2, 0.25) is 5.15 Å². The van der Waals surface area contributed by atoms with Crippen molar-refractivity contribution < 1.29 is 4.74 Å². The van der Waals surface area contributed by atoms with Gasteiger partial charge in [0.15, 0.2) is 0 Å². The highest BCUT2D eigenvalue weighted by atomic mass is 35.5. The molecule has 0 atom stereocenters. The molecule has 0 bridgehead atoms. The molecule has 3 nitrogen and oxygen atoms in total. The maximum atomic E-state index is 6.05. The van der Waals surface area contributed by atoms with Gasteiger partial charge in [-0.3, -0.25) is 0 Å². The van der Waals surface area contributed by atoms with Crippen molar-refractivity contribution in [1.82, 2.24) is 9.97 Å². The van der Waals surface area contributed by atoms with Crippen LogP contribution in [0.3, 0.4) is 0 Å². The Bertz CT molecular complexity index is 353. The van der Waals surface area contributed by atoms with E-state index in [1.54, 1.807) is 0 Å². The highest BCUT2D eigenvalue weighted by molar-refractivity contribution is 6.30. The lowest BCUT2D eigenvalue weighted by atomic mass is 10.1. The van der Waals surface area contributed by atoms with Crippen LogP contribution in [0.15, 0.2) is 6.33 Å². The minimum absolute atomic E-state index is 0.222. The predicted molar refractivity (Wildman–Crippen MR) is 66.0 cm³/mol. The van der Waals surface area contributed by atoms with Crippen LogP contribution in [-0.2, 0) is 6.42 Å². The third-order valence-corrected chi connectivity index (χ3v) is 2.90. The molecule has 0 spiro atoms. The average Bonchev–Trinajstić information content (AvgIpc) is 2.23. The molecule has 0 aliphatic heterocycles. The van der Waals surface area contributed by atoms with E-state index >= 15 is 0 Å². The molecule has 0 aliphatic carbocycles. The van der Waals surface area contributed by atoms with Crippen LogP contribution in [0, 0.1) is 0 Å². The number of hydrogen-bond donors (Lipinski definition) is 0. The van der Waals surface area contributed by atoms with Crippen molar-refractivity contribution in [3.63, 3.8) is 0 Å². The van der Waals surface area contributed by atoms with Gasteiger partial charge in [0, 0.05) is 0 Å². The largest absolute Gasteiger partial charge is 0.471 e. The van der Waals surface area contributed by atoms with E-state index in [1.807, 2.05) is 13.8 Å². The lowest BCUT2D eigenvalue weighted by Crippen LogP contribution is -2.28. The van der Waals surface area contributed by atoms with Gasteiger partial charge < -0.3 is 4.74 Å². The van der Waals surface area contributed by atoms with Crippen molar-refractivity contribution in [2.24, 2.45) is 0 Å². The Morgan fingerprint density at radius 2 is 2.00 bits per heavy atom. The van der Waals surface area contributed by atoms with Gasteiger partial charge >= 0.3 is 0 Å². The van der Waals surface area contributed by atoms with E-state index in [9.17, 15) is 0 Å². The highest BCUT2D eigenvalue weighted by Crippen LogP contribution is 2.27. The SMILES string of the molecule is CCCc1c(Cl)ncnc1OC(C)(C)CC. The Kier molecular flexibility index (Phi) is 4.54. The molecule has 0 N–H and O–H groups in total. The molecule has 0 fully saturated rings. The molecule has 0 unspecified atom stereocenters. The second-order valence-corrected chi connectivity index (χ2v) is 4.77. The van der Waals surface area contributed by atoms with E-state index in [2.05, 4.69) is 23.8 Å². The molecule has 4 heteroatoms. The van der Waals surface area contributed by atoms with E-state index in [0.717, 1.165) is 24.8 Å². The summed E-state index contributed by atoms with van der Waals surface area (Å²) in [5.41, 5.74) is 0.688. The topological polar surface area (TPSA) is 35.0 Å². The van der Waals surface area contributed by atoms with Gasteiger partial charge in [-0.05, 0) is 26.7 Å². The average molecular weight is 243 g/mol. The van der Waals surface area contributed by atoms with Gasteiger partial charge in [0.1, 0.15) is 17.1 Å². The molecule has 0 saturated carbocycles. The maximum Gasteiger partial charge on any atom is 0.221 e. The summed E-state index contributed by atoms with van der Waals surface area (Å²) in [6.07, 6.45) is 4.20. The van der Waals surface area contributed by atoms with Crippen LogP contribution in [0.25, 0.3) is 0 Å². The van der Waals surface area contributed by atoms with Gasteiger partial charge in [-0.15, -0.1) is 0 Å². The molecular formula is C12H19ClN2O. The zero-order valence-corrected chi connectivity index (χ0v) is 11.1. The molecule has 0 saturated heterocycles. The third kappa shape index (κ3) is 3.34. The molecule has 0 radical (unpaired) electrons. The fourth-order valence-corrected chi connectivity index (χ4v) is 1.48. The van der Waals surface area contributed by atoms with Crippen molar-refractivity contribution in [2.45, 2.75) is 52.6 Å². The molecule has 1 heterocycles. The summed E-state index contributed by atoms with van der Waals surface area (Å²) in [5.74, 6) is 0.619. The second kappa shape index (κ2) is 5.48. The molecule has 0 aliphatic rings. The predicted octanol–water partition coefficient (Wildman–Crippen LogP) is 3.65. The van der Waals surface area contributed by atoms with E-state index < -0.39 is 0 Å². The summed E-state index contributed by atoms with van der Waals surface area (Å²) in [6.45, 7) is 8.26. The van der Waals surface area contributed by atoms with Gasteiger partial charge in [0.25, 0.3) is 0 Å². The van der Waals surface area contributed by atoms with Crippen molar-refractivity contribution >= 4 is 11.6 Å². The van der Waals surface area contributed by atoms with Gasteiger partial charge in [0.05, 0.1) is 5.56 Å². The number of nitrogens with zero attached hydrogens (tertiary/aromatic N) is 2. The number of aromatic nitrogens is 2. The fraction of sp³-hybridized carbons (Fsp3) is 0.667.